The second-order valence-electron chi connectivity index (χ2n) is 4.28. The third-order valence-electron chi connectivity index (χ3n) is 2.80. The number of ether oxygens (including phenoxy) is 1. The lowest BCUT2D eigenvalue weighted by Crippen LogP contribution is -2.01. The maximum atomic E-state index is 10.8. The van der Waals surface area contributed by atoms with E-state index in [2.05, 4.69) is 21.2 Å². The van der Waals surface area contributed by atoms with Crippen LogP contribution in [0.2, 0.25) is 5.02 Å². The lowest BCUT2D eigenvalue weighted by Gasteiger charge is -2.09. The zero-order valence-corrected chi connectivity index (χ0v) is 13.4. The molecule has 7 heteroatoms. The highest BCUT2D eigenvalue weighted by molar-refractivity contribution is 9.10. The van der Waals surface area contributed by atoms with Gasteiger partial charge in [-0.25, -0.2) is 0 Å². The summed E-state index contributed by atoms with van der Waals surface area (Å²) in [7, 11) is 1.54. The highest BCUT2D eigenvalue weighted by Gasteiger charge is 2.09. The average molecular weight is 372 g/mol. The maximum Gasteiger partial charge on any atom is 0.270 e. The molecule has 21 heavy (non-hydrogen) atoms. The van der Waals surface area contributed by atoms with Crippen LogP contribution in [0.25, 0.3) is 0 Å². The van der Waals surface area contributed by atoms with Gasteiger partial charge < -0.3 is 10.1 Å². The Morgan fingerprint density at radius 1 is 1.33 bits per heavy atom. The standard InChI is InChI=1S/C14H12BrClN2O3/c1-21-14-7-11(2-3-13(14)16)17-8-9-4-10(15)6-12(5-9)18(19)20/h2-7,17H,8H2,1H3. The van der Waals surface area contributed by atoms with Gasteiger partial charge in [0.1, 0.15) is 5.75 Å². The number of halogens is 2. The summed E-state index contributed by atoms with van der Waals surface area (Å²) in [5.41, 5.74) is 1.67. The molecule has 0 heterocycles. The van der Waals surface area contributed by atoms with Crippen molar-refractivity contribution >= 4 is 38.9 Å². The number of anilines is 1. The highest BCUT2D eigenvalue weighted by Crippen LogP contribution is 2.28. The zero-order chi connectivity index (χ0) is 15.4. The van der Waals surface area contributed by atoms with Gasteiger partial charge in [-0.05, 0) is 23.8 Å². The molecule has 5 nitrogen and oxygen atoms in total. The molecule has 0 aliphatic rings. The Bertz CT molecular complexity index is 679. The summed E-state index contributed by atoms with van der Waals surface area (Å²) in [4.78, 5) is 10.4. The number of nitrogens with one attached hydrogen (secondary N) is 1. The normalized spacial score (nSPS) is 10.2. The molecule has 0 bridgehead atoms. The predicted octanol–water partition coefficient (Wildman–Crippen LogP) is 4.63. The molecule has 0 saturated heterocycles. The van der Waals surface area contributed by atoms with Gasteiger partial charge in [-0.2, -0.15) is 0 Å². The van der Waals surface area contributed by atoms with Gasteiger partial charge in [-0.3, -0.25) is 10.1 Å². The summed E-state index contributed by atoms with van der Waals surface area (Å²) >= 11 is 9.23. The summed E-state index contributed by atoms with van der Waals surface area (Å²) in [6.45, 7) is 0.449. The molecule has 2 rings (SSSR count). The van der Waals surface area contributed by atoms with E-state index in [-0.39, 0.29) is 5.69 Å². The van der Waals surface area contributed by atoms with Gasteiger partial charge in [0.15, 0.2) is 0 Å². The number of hydrogen-bond acceptors (Lipinski definition) is 4. The number of nitro groups is 1. The average Bonchev–Trinajstić information content (AvgIpc) is 2.45. The van der Waals surface area contributed by atoms with Gasteiger partial charge in [0, 0.05) is 34.9 Å². The van der Waals surface area contributed by atoms with E-state index in [0.717, 1.165) is 11.3 Å². The molecule has 0 aliphatic heterocycles. The number of methoxy groups -OCH3 is 1. The molecule has 0 spiro atoms. The van der Waals surface area contributed by atoms with Crippen LogP contribution >= 0.6 is 27.5 Å². The summed E-state index contributed by atoms with van der Waals surface area (Å²) in [5.74, 6) is 0.571. The third kappa shape index (κ3) is 4.09. The van der Waals surface area contributed by atoms with Crippen LogP contribution in [-0.4, -0.2) is 12.0 Å². The molecule has 0 saturated carbocycles. The molecular formula is C14H12BrClN2O3. The first-order valence-electron chi connectivity index (χ1n) is 6.01. The molecule has 0 atom stereocenters. The lowest BCUT2D eigenvalue weighted by atomic mass is 10.2. The van der Waals surface area contributed by atoms with Crippen molar-refractivity contribution in [1.29, 1.82) is 0 Å². The van der Waals surface area contributed by atoms with Gasteiger partial charge in [-0.15, -0.1) is 0 Å². The Hall–Kier alpha value is -1.79. The Kier molecular flexibility index (Phi) is 5.03. The largest absolute Gasteiger partial charge is 0.495 e. The molecule has 0 aliphatic carbocycles. The Morgan fingerprint density at radius 3 is 2.76 bits per heavy atom. The van der Waals surface area contributed by atoms with E-state index >= 15 is 0 Å². The van der Waals surface area contributed by atoms with Gasteiger partial charge in [0.05, 0.1) is 17.1 Å². The Labute approximate surface area is 135 Å². The molecule has 0 aromatic heterocycles. The van der Waals surface area contributed by atoms with E-state index in [1.165, 1.54) is 12.1 Å². The first kappa shape index (κ1) is 15.6. The molecular weight excluding hydrogens is 360 g/mol. The van der Waals surface area contributed by atoms with Crippen LogP contribution in [0.5, 0.6) is 5.75 Å². The number of benzene rings is 2. The van der Waals surface area contributed by atoms with Crippen LogP contribution in [0.3, 0.4) is 0 Å². The number of hydrogen-bond donors (Lipinski definition) is 1. The van der Waals surface area contributed by atoms with Gasteiger partial charge in [0.25, 0.3) is 5.69 Å². The maximum absolute atomic E-state index is 10.8. The molecule has 1 N–H and O–H groups in total. The minimum Gasteiger partial charge on any atom is -0.495 e. The first-order valence-corrected chi connectivity index (χ1v) is 7.18. The van der Waals surface area contributed by atoms with Crippen LogP contribution in [-0.2, 0) is 6.54 Å². The van der Waals surface area contributed by atoms with E-state index in [1.807, 2.05) is 12.1 Å². The van der Waals surface area contributed by atoms with Gasteiger partial charge in [-0.1, -0.05) is 27.5 Å². The number of nitrogens with zero attached hydrogens (tertiary/aromatic N) is 1. The quantitative estimate of drug-likeness (QED) is 0.614. The molecule has 0 fully saturated rings. The third-order valence-corrected chi connectivity index (χ3v) is 3.57. The van der Waals surface area contributed by atoms with Crippen molar-refractivity contribution < 1.29 is 9.66 Å². The summed E-state index contributed by atoms with van der Waals surface area (Å²) in [5, 5.41) is 14.5. The Balaban J connectivity index is 2.14. The van der Waals surface area contributed by atoms with E-state index in [9.17, 15) is 10.1 Å². The first-order chi connectivity index (χ1) is 9.99. The van der Waals surface area contributed by atoms with Gasteiger partial charge in [0.2, 0.25) is 0 Å². The van der Waals surface area contributed by atoms with Crippen LogP contribution in [0.4, 0.5) is 11.4 Å². The van der Waals surface area contributed by atoms with Crippen molar-refractivity contribution in [2.75, 3.05) is 12.4 Å². The molecule has 0 radical (unpaired) electrons. The van der Waals surface area contributed by atoms with Crippen LogP contribution in [0.15, 0.2) is 40.9 Å². The second-order valence-corrected chi connectivity index (χ2v) is 5.60. The second kappa shape index (κ2) is 6.78. The number of nitro benzene ring substituents is 1. The highest BCUT2D eigenvalue weighted by atomic mass is 79.9. The minimum absolute atomic E-state index is 0.0508. The molecule has 0 amide bonds. The monoisotopic (exact) mass is 370 g/mol. The van der Waals surface area contributed by atoms with Crippen LogP contribution in [0.1, 0.15) is 5.56 Å². The van der Waals surface area contributed by atoms with Gasteiger partial charge >= 0.3 is 0 Å². The SMILES string of the molecule is COc1cc(NCc2cc(Br)cc([N+](=O)[O-])c2)ccc1Cl. The van der Waals surface area contributed by atoms with E-state index in [0.29, 0.717) is 21.8 Å². The van der Waals surface area contributed by atoms with Crippen LogP contribution < -0.4 is 10.1 Å². The number of non-ortho nitro benzene ring substituents is 1. The van der Waals surface area contributed by atoms with Crippen molar-refractivity contribution in [3.05, 3.63) is 61.6 Å². The van der Waals surface area contributed by atoms with Crippen molar-refractivity contribution in [2.45, 2.75) is 6.54 Å². The Morgan fingerprint density at radius 2 is 2.10 bits per heavy atom. The molecule has 0 unspecified atom stereocenters. The van der Waals surface area contributed by atoms with Crippen molar-refractivity contribution in [1.82, 2.24) is 0 Å². The van der Waals surface area contributed by atoms with E-state index < -0.39 is 4.92 Å². The zero-order valence-electron chi connectivity index (χ0n) is 11.1. The fourth-order valence-corrected chi connectivity index (χ4v) is 2.54. The van der Waals surface area contributed by atoms with Crippen molar-refractivity contribution in [2.24, 2.45) is 0 Å². The number of rotatable bonds is 5. The molecule has 110 valence electrons. The molecule has 2 aromatic carbocycles. The van der Waals surface area contributed by atoms with Crippen molar-refractivity contribution in [3.63, 3.8) is 0 Å². The fraction of sp³-hybridized carbons (Fsp3) is 0.143. The fourth-order valence-electron chi connectivity index (χ4n) is 1.81. The lowest BCUT2D eigenvalue weighted by molar-refractivity contribution is -0.385. The predicted molar refractivity (Wildman–Crippen MR) is 86.1 cm³/mol. The summed E-state index contributed by atoms with van der Waals surface area (Å²) < 4.78 is 5.81. The topological polar surface area (TPSA) is 64.4 Å². The van der Waals surface area contributed by atoms with Crippen molar-refractivity contribution in [3.8, 4) is 5.75 Å². The minimum atomic E-state index is -0.417. The smallest absolute Gasteiger partial charge is 0.270 e. The summed E-state index contributed by atoms with van der Waals surface area (Å²) in [6, 6.07) is 10.1. The molecule has 2 aromatic rings. The van der Waals surface area contributed by atoms with E-state index in [1.54, 1.807) is 19.2 Å². The summed E-state index contributed by atoms with van der Waals surface area (Å²) in [6.07, 6.45) is 0. The van der Waals surface area contributed by atoms with Crippen LogP contribution in [0, 0.1) is 10.1 Å². The van der Waals surface area contributed by atoms with E-state index in [4.69, 9.17) is 16.3 Å².